The van der Waals surface area contributed by atoms with Crippen molar-refractivity contribution in [3.63, 3.8) is 0 Å². The van der Waals surface area contributed by atoms with Gasteiger partial charge in [0.2, 0.25) is 0 Å². The van der Waals surface area contributed by atoms with Crippen LogP contribution in [-0.4, -0.2) is 10.9 Å². The fraction of sp³-hybridized carbons (Fsp3) is 0. The molecule has 7 heteroatoms. The lowest BCUT2D eigenvalue weighted by atomic mass is 10.2. The molecule has 0 radical (unpaired) electrons. The van der Waals surface area contributed by atoms with Gasteiger partial charge >= 0.3 is 0 Å². The Kier molecular flexibility index (Phi) is 3.52. The maximum Gasteiger partial charge on any atom is 0.267 e. The minimum atomic E-state index is -0.699. The van der Waals surface area contributed by atoms with Crippen molar-refractivity contribution in [3.05, 3.63) is 46.9 Å². The zero-order valence-corrected chi connectivity index (χ0v) is 10.4. The molecule has 1 aromatic heterocycles. The minimum absolute atomic E-state index is 0.0270. The molecule has 1 aromatic carbocycles. The number of nitrogens with one attached hydrogen (secondary N) is 1. The Bertz CT molecular complexity index is 648. The molecular weight excluding hydrogens is 271 g/mol. The van der Waals surface area contributed by atoms with E-state index < -0.39 is 11.7 Å². The maximum atomic E-state index is 13.7. The molecule has 2 aromatic rings. The summed E-state index contributed by atoms with van der Waals surface area (Å²) >= 11 is 5.66. The van der Waals surface area contributed by atoms with E-state index in [0.717, 1.165) is 0 Å². The Hall–Kier alpha value is -2.34. The van der Waals surface area contributed by atoms with Crippen molar-refractivity contribution in [1.29, 1.82) is 0 Å². The fourth-order valence-electron chi connectivity index (χ4n) is 1.44. The van der Waals surface area contributed by atoms with E-state index in [1.165, 1.54) is 24.3 Å². The summed E-state index contributed by atoms with van der Waals surface area (Å²) in [5.41, 5.74) is 11.2. The van der Waals surface area contributed by atoms with Crippen LogP contribution in [0.15, 0.2) is 30.3 Å². The monoisotopic (exact) mass is 280 g/mol. The van der Waals surface area contributed by atoms with Gasteiger partial charge in [-0.15, -0.1) is 0 Å². The second-order valence-electron chi connectivity index (χ2n) is 3.72. The summed E-state index contributed by atoms with van der Waals surface area (Å²) in [5.74, 6) is -1.19. The standard InChI is InChI=1S/C12H10ClFN4O/c13-6-2-1-3-8(10(6)14)17-12-7(15)4-5-9(18-12)11(16)19/h1-5H,15H2,(H2,16,19)(H,17,18). The van der Waals surface area contributed by atoms with E-state index >= 15 is 0 Å². The highest BCUT2D eigenvalue weighted by Gasteiger charge is 2.11. The molecule has 0 saturated carbocycles. The summed E-state index contributed by atoms with van der Waals surface area (Å²) < 4.78 is 13.7. The SMILES string of the molecule is NC(=O)c1ccc(N)c(Nc2cccc(Cl)c2F)n1. The number of carbonyl (C=O) groups excluding carboxylic acids is 1. The predicted molar refractivity (Wildman–Crippen MR) is 71.9 cm³/mol. The zero-order chi connectivity index (χ0) is 14.0. The van der Waals surface area contributed by atoms with Crippen LogP contribution in [0.3, 0.4) is 0 Å². The summed E-state index contributed by atoms with van der Waals surface area (Å²) in [6.45, 7) is 0. The number of primary amides is 1. The number of halogens is 2. The fourth-order valence-corrected chi connectivity index (χ4v) is 1.61. The summed E-state index contributed by atoms with van der Waals surface area (Å²) in [6, 6.07) is 7.30. The third kappa shape index (κ3) is 2.74. The Morgan fingerprint density at radius 1 is 1.32 bits per heavy atom. The first-order valence-electron chi connectivity index (χ1n) is 5.26. The average molecular weight is 281 g/mol. The molecule has 5 N–H and O–H groups in total. The highest BCUT2D eigenvalue weighted by molar-refractivity contribution is 6.31. The number of hydrogen-bond donors (Lipinski definition) is 3. The van der Waals surface area contributed by atoms with E-state index in [0.29, 0.717) is 0 Å². The quantitative estimate of drug-likeness (QED) is 0.804. The number of aromatic nitrogens is 1. The van der Waals surface area contributed by atoms with Gasteiger partial charge in [-0.3, -0.25) is 4.79 Å². The molecular formula is C12H10ClFN4O. The van der Waals surface area contributed by atoms with E-state index in [9.17, 15) is 9.18 Å². The number of hydrogen-bond acceptors (Lipinski definition) is 4. The first-order valence-corrected chi connectivity index (χ1v) is 5.64. The highest BCUT2D eigenvalue weighted by atomic mass is 35.5. The van der Waals surface area contributed by atoms with Gasteiger partial charge in [-0.2, -0.15) is 0 Å². The molecule has 0 saturated heterocycles. The summed E-state index contributed by atoms with van der Waals surface area (Å²) in [6.07, 6.45) is 0. The molecule has 5 nitrogen and oxygen atoms in total. The third-order valence-corrected chi connectivity index (χ3v) is 2.68. The second kappa shape index (κ2) is 5.11. The van der Waals surface area contributed by atoms with Gasteiger partial charge < -0.3 is 16.8 Å². The van der Waals surface area contributed by atoms with Crippen LogP contribution < -0.4 is 16.8 Å². The second-order valence-corrected chi connectivity index (χ2v) is 4.13. The molecule has 0 aliphatic carbocycles. The Labute approximate surface area is 113 Å². The molecule has 19 heavy (non-hydrogen) atoms. The normalized spacial score (nSPS) is 10.2. The lowest BCUT2D eigenvalue weighted by Crippen LogP contribution is -2.14. The van der Waals surface area contributed by atoms with Crippen molar-refractivity contribution >= 4 is 34.7 Å². The van der Waals surface area contributed by atoms with Crippen LogP contribution in [0.4, 0.5) is 21.6 Å². The smallest absolute Gasteiger partial charge is 0.267 e. The molecule has 0 unspecified atom stereocenters. The third-order valence-electron chi connectivity index (χ3n) is 2.38. The van der Waals surface area contributed by atoms with Crippen LogP contribution >= 0.6 is 11.6 Å². The van der Waals surface area contributed by atoms with Crippen LogP contribution in [0.2, 0.25) is 5.02 Å². The maximum absolute atomic E-state index is 13.7. The number of anilines is 3. The van der Waals surface area contributed by atoms with E-state index in [-0.39, 0.29) is 27.9 Å². The summed E-state index contributed by atoms with van der Waals surface area (Å²) in [5, 5.41) is 2.64. The van der Waals surface area contributed by atoms with Gasteiger partial charge in [0.25, 0.3) is 5.91 Å². The van der Waals surface area contributed by atoms with Gasteiger partial charge in [0.1, 0.15) is 5.69 Å². The highest BCUT2D eigenvalue weighted by Crippen LogP contribution is 2.27. The van der Waals surface area contributed by atoms with Crippen molar-refractivity contribution in [3.8, 4) is 0 Å². The van der Waals surface area contributed by atoms with Crippen molar-refractivity contribution in [2.75, 3.05) is 11.1 Å². The van der Waals surface area contributed by atoms with E-state index in [1.807, 2.05) is 0 Å². The molecule has 0 fully saturated rings. The van der Waals surface area contributed by atoms with Crippen molar-refractivity contribution < 1.29 is 9.18 Å². The summed E-state index contributed by atoms with van der Waals surface area (Å²) in [7, 11) is 0. The van der Waals surface area contributed by atoms with Gasteiger partial charge in [-0.05, 0) is 24.3 Å². The van der Waals surface area contributed by atoms with Crippen LogP contribution in [-0.2, 0) is 0 Å². The molecule has 0 spiro atoms. The Morgan fingerprint density at radius 3 is 2.74 bits per heavy atom. The molecule has 0 bridgehead atoms. The molecule has 98 valence electrons. The molecule has 1 amide bonds. The van der Waals surface area contributed by atoms with Gasteiger partial charge in [-0.25, -0.2) is 9.37 Å². The van der Waals surface area contributed by atoms with Crippen LogP contribution in [0.5, 0.6) is 0 Å². The van der Waals surface area contributed by atoms with Crippen LogP contribution in [0.25, 0.3) is 0 Å². The number of benzene rings is 1. The lowest BCUT2D eigenvalue weighted by molar-refractivity contribution is 0.0996. The molecule has 0 atom stereocenters. The zero-order valence-electron chi connectivity index (χ0n) is 9.65. The van der Waals surface area contributed by atoms with Crippen molar-refractivity contribution in [2.45, 2.75) is 0 Å². The average Bonchev–Trinajstić information content (AvgIpc) is 2.37. The van der Waals surface area contributed by atoms with Gasteiger partial charge in [0, 0.05) is 0 Å². The Morgan fingerprint density at radius 2 is 2.05 bits per heavy atom. The Balaban J connectivity index is 2.40. The first-order chi connectivity index (χ1) is 8.99. The number of nitrogens with two attached hydrogens (primary N) is 2. The number of amides is 1. The number of nitrogens with zero attached hydrogens (tertiary/aromatic N) is 1. The number of pyridine rings is 1. The van der Waals surface area contributed by atoms with Crippen LogP contribution in [0.1, 0.15) is 10.5 Å². The predicted octanol–water partition coefficient (Wildman–Crippen LogP) is 2.30. The topological polar surface area (TPSA) is 94.0 Å². The summed E-state index contributed by atoms with van der Waals surface area (Å²) in [4.78, 5) is 15.0. The number of nitrogen functional groups attached to an aromatic ring is 1. The van der Waals surface area contributed by atoms with Gasteiger partial charge in [-0.1, -0.05) is 17.7 Å². The van der Waals surface area contributed by atoms with Gasteiger partial charge in [0.15, 0.2) is 11.6 Å². The van der Waals surface area contributed by atoms with Crippen molar-refractivity contribution in [1.82, 2.24) is 4.98 Å². The van der Waals surface area contributed by atoms with Crippen LogP contribution in [0, 0.1) is 5.82 Å². The van der Waals surface area contributed by atoms with Gasteiger partial charge in [0.05, 0.1) is 16.4 Å². The molecule has 1 heterocycles. The van der Waals surface area contributed by atoms with E-state index in [2.05, 4.69) is 10.3 Å². The number of carbonyl (C=O) groups is 1. The molecule has 0 aliphatic heterocycles. The lowest BCUT2D eigenvalue weighted by Gasteiger charge is -2.10. The minimum Gasteiger partial charge on any atom is -0.396 e. The number of rotatable bonds is 3. The largest absolute Gasteiger partial charge is 0.396 e. The van der Waals surface area contributed by atoms with E-state index in [4.69, 9.17) is 23.1 Å². The molecule has 0 aliphatic rings. The van der Waals surface area contributed by atoms with E-state index in [1.54, 1.807) is 6.07 Å². The van der Waals surface area contributed by atoms with Crippen molar-refractivity contribution in [2.24, 2.45) is 5.73 Å². The molecule has 2 rings (SSSR count). The first kappa shape index (κ1) is 13.1.